The number of carbonyl (C=O) groups excluding carboxylic acids is 1. The maximum atomic E-state index is 13.3. The number of carboxylic acid groups (broad SMARTS) is 1. The van der Waals surface area contributed by atoms with E-state index in [1.165, 1.54) is 0 Å². The largest absolute Gasteiger partial charge is 0.494 e. The Hall–Kier alpha value is -3.36. The molecule has 1 aliphatic rings. The van der Waals surface area contributed by atoms with Crippen molar-refractivity contribution in [3.05, 3.63) is 61.8 Å². The number of rotatable bonds is 7. The van der Waals surface area contributed by atoms with Gasteiger partial charge >= 0.3 is 11.7 Å². The molecule has 0 spiro atoms. The molecule has 166 valence electrons. The zero-order chi connectivity index (χ0) is 22.5. The number of aryl methyl sites for hydroxylation is 1. The number of amides is 1. The van der Waals surface area contributed by atoms with E-state index < -0.39 is 41.1 Å². The van der Waals surface area contributed by atoms with E-state index in [4.69, 9.17) is 5.11 Å². The molecule has 3 rings (SSSR count). The van der Waals surface area contributed by atoms with Crippen LogP contribution in [0.5, 0.6) is 5.88 Å². The predicted octanol–water partition coefficient (Wildman–Crippen LogP) is 1.65. The van der Waals surface area contributed by atoms with E-state index in [1.807, 2.05) is 31.2 Å². The Bertz CT molecular complexity index is 1100. The SMILES string of the molecule is CCc1ccccc1Cn1c(O)c(C(=O)NCC(=O)O)c(=O)n(C2CCCCC2)c1=O. The van der Waals surface area contributed by atoms with Gasteiger partial charge in [0, 0.05) is 6.04 Å². The van der Waals surface area contributed by atoms with Crippen molar-refractivity contribution >= 4 is 11.9 Å². The lowest BCUT2D eigenvalue weighted by Gasteiger charge is -2.25. The van der Waals surface area contributed by atoms with Crippen LogP contribution in [0.25, 0.3) is 0 Å². The molecule has 0 atom stereocenters. The molecule has 1 saturated carbocycles. The van der Waals surface area contributed by atoms with Crippen LogP contribution < -0.4 is 16.6 Å². The Morgan fingerprint density at radius 3 is 2.35 bits per heavy atom. The summed E-state index contributed by atoms with van der Waals surface area (Å²) in [6, 6.07) is 7.06. The summed E-state index contributed by atoms with van der Waals surface area (Å²) < 4.78 is 2.09. The highest BCUT2D eigenvalue weighted by Gasteiger charge is 2.28. The molecule has 0 unspecified atom stereocenters. The standard InChI is InChI=1S/C22H27N3O6/c1-2-14-8-6-7-9-15(14)13-24-20(29)18(19(28)23-12-17(26)27)21(30)25(22(24)31)16-10-4-3-5-11-16/h6-9,16,29H,2-5,10-13H2,1H3,(H,23,28)(H,26,27). The second-order valence-electron chi connectivity index (χ2n) is 7.73. The monoisotopic (exact) mass is 429 g/mol. The molecular weight excluding hydrogens is 402 g/mol. The molecular formula is C22H27N3O6. The van der Waals surface area contributed by atoms with E-state index in [1.54, 1.807) is 0 Å². The lowest BCUT2D eigenvalue weighted by Crippen LogP contribution is -2.47. The van der Waals surface area contributed by atoms with Crippen LogP contribution in [0.2, 0.25) is 0 Å². The first-order valence-corrected chi connectivity index (χ1v) is 10.5. The normalized spacial score (nSPS) is 14.4. The Morgan fingerprint density at radius 2 is 1.74 bits per heavy atom. The van der Waals surface area contributed by atoms with E-state index >= 15 is 0 Å². The first-order chi connectivity index (χ1) is 14.8. The number of aromatic nitrogens is 2. The van der Waals surface area contributed by atoms with Gasteiger partial charge in [-0.25, -0.2) is 4.79 Å². The zero-order valence-corrected chi connectivity index (χ0v) is 17.5. The minimum atomic E-state index is -1.29. The highest BCUT2D eigenvalue weighted by atomic mass is 16.4. The van der Waals surface area contributed by atoms with E-state index in [0.29, 0.717) is 19.3 Å². The molecule has 1 aliphatic carbocycles. The maximum Gasteiger partial charge on any atom is 0.334 e. The number of aromatic hydroxyl groups is 1. The number of aliphatic carboxylic acids is 1. The lowest BCUT2D eigenvalue weighted by atomic mass is 9.95. The minimum Gasteiger partial charge on any atom is -0.494 e. The Labute approximate surface area is 179 Å². The van der Waals surface area contributed by atoms with Crippen molar-refractivity contribution in [1.29, 1.82) is 0 Å². The van der Waals surface area contributed by atoms with Crippen LogP contribution in [-0.4, -0.2) is 37.8 Å². The molecule has 0 radical (unpaired) electrons. The molecule has 9 nitrogen and oxygen atoms in total. The number of hydrogen-bond donors (Lipinski definition) is 3. The van der Waals surface area contributed by atoms with Gasteiger partial charge in [-0.3, -0.25) is 23.5 Å². The third kappa shape index (κ3) is 4.70. The predicted molar refractivity (Wildman–Crippen MR) is 114 cm³/mol. The van der Waals surface area contributed by atoms with Crippen LogP contribution in [0.3, 0.4) is 0 Å². The van der Waals surface area contributed by atoms with Crippen LogP contribution in [0.4, 0.5) is 0 Å². The van der Waals surface area contributed by atoms with Gasteiger partial charge in [-0.15, -0.1) is 0 Å². The molecule has 3 N–H and O–H groups in total. The van der Waals surface area contributed by atoms with Gasteiger partial charge in [0.25, 0.3) is 11.5 Å². The number of carbonyl (C=O) groups is 2. The van der Waals surface area contributed by atoms with Gasteiger partial charge in [-0.2, -0.15) is 0 Å². The third-order valence-corrected chi connectivity index (χ3v) is 5.74. The van der Waals surface area contributed by atoms with Crippen molar-refractivity contribution in [1.82, 2.24) is 14.5 Å². The molecule has 2 aromatic rings. The smallest absolute Gasteiger partial charge is 0.334 e. The number of nitrogens with one attached hydrogen (secondary N) is 1. The molecule has 1 amide bonds. The number of hydrogen-bond acceptors (Lipinski definition) is 5. The number of benzene rings is 1. The highest BCUT2D eigenvalue weighted by molar-refractivity contribution is 5.97. The molecule has 0 aliphatic heterocycles. The van der Waals surface area contributed by atoms with Crippen molar-refractivity contribution in [2.75, 3.05) is 6.54 Å². The van der Waals surface area contributed by atoms with Crippen LogP contribution in [-0.2, 0) is 17.8 Å². The molecule has 1 heterocycles. The van der Waals surface area contributed by atoms with Crippen molar-refractivity contribution < 1.29 is 19.8 Å². The fraction of sp³-hybridized carbons (Fsp3) is 0.455. The van der Waals surface area contributed by atoms with E-state index in [2.05, 4.69) is 5.32 Å². The second-order valence-corrected chi connectivity index (χ2v) is 7.73. The zero-order valence-electron chi connectivity index (χ0n) is 17.5. The van der Waals surface area contributed by atoms with E-state index in [0.717, 1.165) is 39.5 Å². The second kappa shape index (κ2) is 9.63. The van der Waals surface area contributed by atoms with Gasteiger partial charge in [0.15, 0.2) is 5.56 Å². The van der Waals surface area contributed by atoms with Crippen molar-refractivity contribution in [2.24, 2.45) is 0 Å². The number of nitrogens with zero attached hydrogens (tertiary/aromatic N) is 2. The Morgan fingerprint density at radius 1 is 1.10 bits per heavy atom. The Balaban J connectivity index is 2.17. The minimum absolute atomic E-state index is 0.0130. The topological polar surface area (TPSA) is 131 Å². The molecule has 0 bridgehead atoms. The fourth-order valence-corrected chi connectivity index (χ4v) is 4.13. The number of carboxylic acids is 1. The summed E-state index contributed by atoms with van der Waals surface area (Å²) in [6.07, 6.45) is 4.68. The van der Waals surface area contributed by atoms with Gasteiger partial charge < -0.3 is 15.5 Å². The quantitative estimate of drug-likeness (QED) is 0.613. The summed E-state index contributed by atoms with van der Waals surface area (Å²) in [5.74, 6) is -3.06. The summed E-state index contributed by atoms with van der Waals surface area (Å²) in [6.45, 7) is 1.25. The lowest BCUT2D eigenvalue weighted by molar-refractivity contribution is -0.135. The average molecular weight is 429 g/mol. The molecule has 1 aromatic carbocycles. The summed E-state index contributed by atoms with van der Waals surface area (Å²) in [5, 5.41) is 21.7. The first kappa shape index (κ1) is 22.3. The van der Waals surface area contributed by atoms with Gasteiger partial charge in [-0.05, 0) is 30.4 Å². The summed E-state index contributed by atoms with van der Waals surface area (Å²) in [7, 11) is 0. The molecule has 9 heteroatoms. The van der Waals surface area contributed by atoms with Gasteiger partial charge in [0.1, 0.15) is 6.54 Å². The fourth-order valence-electron chi connectivity index (χ4n) is 4.13. The van der Waals surface area contributed by atoms with Gasteiger partial charge in [0.05, 0.1) is 6.54 Å². The maximum absolute atomic E-state index is 13.3. The summed E-state index contributed by atoms with van der Waals surface area (Å²) in [4.78, 5) is 49.8. The van der Waals surface area contributed by atoms with Crippen LogP contribution >= 0.6 is 0 Å². The van der Waals surface area contributed by atoms with Crippen molar-refractivity contribution in [2.45, 2.75) is 58.0 Å². The van der Waals surface area contributed by atoms with E-state index in [-0.39, 0.29) is 12.6 Å². The Kier molecular flexibility index (Phi) is 6.94. The van der Waals surface area contributed by atoms with Crippen molar-refractivity contribution in [3.63, 3.8) is 0 Å². The first-order valence-electron chi connectivity index (χ1n) is 10.5. The van der Waals surface area contributed by atoms with Gasteiger partial charge in [0.2, 0.25) is 5.88 Å². The van der Waals surface area contributed by atoms with Crippen LogP contribution in [0, 0.1) is 0 Å². The van der Waals surface area contributed by atoms with Gasteiger partial charge in [-0.1, -0.05) is 50.5 Å². The summed E-state index contributed by atoms with van der Waals surface area (Å²) >= 11 is 0. The average Bonchev–Trinajstić information content (AvgIpc) is 2.76. The third-order valence-electron chi connectivity index (χ3n) is 5.74. The van der Waals surface area contributed by atoms with Crippen molar-refractivity contribution in [3.8, 4) is 5.88 Å². The van der Waals surface area contributed by atoms with E-state index in [9.17, 15) is 24.3 Å². The summed E-state index contributed by atoms with van der Waals surface area (Å²) in [5.41, 5.74) is -0.415. The molecule has 0 saturated heterocycles. The molecule has 1 fully saturated rings. The molecule has 31 heavy (non-hydrogen) atoms. The van der Waals surface area contributed by atoms with Crippen LogP contribution in [0.15, 0.2) is 33.9 Å². The van der Waals surface area contributed by atoms with Crippen LogP contribution in [0.1, 0.15) is 66.6 Å². The molecule has 1 aromatic heterocycles. The highest BCUT2D eigenvalue weighted by Crippen LogP contribution is 2.27.